The molecule has 0 unspecified atom stereocenters. The van der Waals surface area contributed by atoms with Gasteiger partial charge in [0.2, 0.25) is 0 Å². The Hall–Kier alpha value is -0.690. The molecular formula is C16H24S. The lowest BCUT2D eigenvalue weighted by molar-refractivity contribution is 0.789. The monoisotopic (exact) mass is 248 g/mol. The van der Waals surface area contributed by atoms with E-state index in [0.29, 0.717) is 4.75 Å². The number of thioether (sulfide) groups is 1. The first-order chi connectivity index (χ1) is 8.01. The zero-order chi connectivity index (χ0) is 12.7. The molecule has 0 N–H and O–H groups in total. The van der Waals surface area contributed by atoms with Crippen molar-refractivity contribution < 1.29 is 0 Å². The number of hydrogen-bond acceptors (Lipinski definition) is 1. The number of rotatable bonds is 5. The Morgan fingerprint density at radius 1 is 1.18 bits per heavy atom. The molecule has 0 bridgehead atoms. The molecule has 0 radical (unpaired) electrons. The molecule has 0 fully saturated rings. The van der Waals surface area contributed by atoms with Crippen molar-refractivity contribution in [3.63, 3.8) is 0 Å². The molecule has 94 valence electrons. The number of unbranched alkanes of at least 4 members (excludes halogenated alkanes) is 1. The minimum Gasteiger partial charge on any atom is -0.125 e. The summed E-state index contributed by atoms with van der Waals surface area (Å²) >= 11 is 2.00. The van der Waals surface area contributed by atoms with Crippen molar-refractivity contribution in [1.82, 2.24) is 0 Å². The second-order valence-corrected chi connectivity index (χ2v) is 7.29. The Bertz CT molecular complexity index is 344. The van der Waals surface area contributed by atoms with Crippen LogP contribution in [0.15, 0.2) is 35.2 Å². The summed E-state index contributed by atoms with van der Waals surface area (Å²) < 4.78 is 0.300. The SMILES string of the molecule is CCCC/C(=C/c1ccccc1)SC(C)(C)C. The summed E-state index contributed by atoms with van der Waals surface area (Å²) in [6, 6.07) is 10.6. The maximum Gasteiger partial charge on any atom is 0.0119 e. The summed E-state index contributed by atoms with van der Waals surface area (Å²) in [7, 11) is 0. The first-order valence-corrected chi connectivity index (χ1v) is 7.27. The molecule has 0 saturated heterocycles. The Balaban J connectivity index is 2.78. The lowest BCUT2D eigenvalue weighted by Gasteiger charge is -2.20. The van der Waals surface area contributed by atoms with Crippen LogP contribution in [0, 0.1) is 0 Å². The fraction of sp³-hybridized carbons (Fsp3) is 0.500. The summed E-state index contributed by atoms with van der Waals surface area (Å²) in [6.07, 6.45) is 6.08. The van der Waals surface area contributed by atoms with Crippen LogP contribution in [0.5, 0.6) is 0 Å². The van der Waals surface area contributed by atoms with Gasteiger partial charge < -0.3 is 0 Å². The molecule has 0 aliphatic rings. The maximum absolute atomic E-state index is 2.34. The molecule has 0 saturated carbocycles. The van der Waals surface area contributed by atoms with Gasteiger partial charge in [0.15, 0.2) is 0 Å². The molecule has 1 rings (SSSR count). The number of hydrogen-bond donors (Lipinski definition) is 0. The lowest BCUT2D eigenvalue weighted by Crippen LogP contribution is -2.07. The molecule has 17 heavy (non-hydrogen) atoms. The lowest BCUT2D eigenvalue weighted by atomic mass is 10.1. The third kappa shape index (κ3) is 6.58. The summed E-state index contributed by atoms with van der Waals surface area (Å²) in [5.41, 5.74) is 1.32. The predicted molar refractivity (Wildman–Crippen MR) is 81.3 cm³/mol. The van der Waals surface area contributed by atoms with Crippen LogP contribution in [-0.4, -0.2) is 4.75 Å². The first-order valence-electron chi connectivity index (χ1n) is 6.46. The van der Waals surface area contributed by atoms with E-state index in [4.69, 9.17) is 0 Å². The van der Waals surface area contributed by atoms with Gasteiger partial charge in [-0.2, -0.15) is 0 Å². The van der Waals surface area contributed by atoms with Crippen molar-refractivity contribution in [2.75, 3.05) is 0 Å². The van der Waals surface area contributed by atoms with Gasteiger partial charge in [-0.15, -0.1) is 11.8 Å². The van der Waals surface area contributed by atoms with Gasteiger partial charge in [0.05, 0.1) is 0 Å². The Morgan fingerprint density at radius 3 is 2.35 bits per heavy atom. The van der Waals surface area contributed by atoms with Crippen LogP contribution in [0.4, 0.5) is 0 Å². The predicted octanol–water partition coefficient (Wildman–Crippen LogP) is 5.75. The van der Waals surface area contributed by atoms with Gasteiger partial charge in [-0.25, -0.2) is 0 Å². The number of benzene rings is 1. The fourth-order valence-electron chi connectivity index (χ4n) is 1.63. The van der Waals surface area contributed by atoms with Crippen LogP contribution >= 0.6 is 11.8 Å². The molecule has 1 heteroatoms. The highest BCUT2D eigenvalue weighted by Gasteiger charge is 2.13. The molecular weight excluding hydrogens is 224 g/mol. The minimum absolute atomic E-state index is 0.300. The second-order valence-electron chi connectivity index (χ2n) is 5.34. The molecule has 0 aliphatic carbocycles. The Labute approximate surface area is 111 Å². The van der Waals surface area contributed by atoms with Gasteiger partial charge in [0.25, 0.3) is 0 Å². The topological polar surface area (TPSA) is 0 Å². The molecule has 0 nitrogen and oxygen atoms in total. The summed E-state index contributed by atoms with van der Waals surface area (Å²) in [4.78, 5) is 1.51. The van der Waals surface area contributed by atoms with Gasteiger partial charge in [0, 0.05) is 4.75 Å². The second kappa shape index (κ2) is 6.90. The molecule has 0 atom stereocenters. The van der Waals surface area contributed by atoms with E-state index in [1.807, 2.05) is 11.8 Å². The van der Waals surface area contributed by atoms with Crippen LogP contribution in [0.25, 0.3) is 6.08 Å². The molecule has 0 amide bonds. The third-order valence-electron chi connectivity index (χ3n) is 2.34. The van der Waals surface area contributed by atoms with E-state index in [1.54, 1.807) is 0 Å². The zero-order valence-electron chi connectivity index (χ0n) is 11.5. The van der Waals surface area contributed by atoms with Crippen LogP contribution in [0.1, 0.15) is 52.5 Å². The number of allylic oxidation sites excluding steroid dienone is 1. The van der Waals surface area contributed by atoms with Crippen molar-refractivity contribution in [3.05, 3.63) is 40.8 Å². The molecule has 1 aromatic rings. The molecule has 1 aromatic carbocycles. The first kappa shape index (κ1) is 14.4. The quantitative estimate of drug-likeness (QED) is 0.639. The van der Waals surface area contributed by atoms with E-state index in [2.05, 4.69) is 64.1 Å². The summed E-state index contributed by atoms with van der Waals surface area (Å²) in [5.74, 6) is 0. The van der Waals surface area contributed by atoms with E-state index < -0.39 is 0 Å². The molecule has 0 aliphatic heterocycles. The fourth-order valence-corrected chi connectivity index (χ4v) is 2.86. The third-order valence-corrected chi connectivity index (χ3v) is 3.54. The van der Waals surface area contributed by atoms with Crippen LogP contribution in [0.2, 0.25) is 0 Å². The van der Waals surface area contributed by atoms with Crippen molar-refractivity contribution in [2.24, 2.45) is 0 Å². The van der Waals surface area contributed by atoms with Gasteiger partial charge >= 0.3 is 0 Å². The van der Waals surface area contributed by atoms with Gasteiger partial charge in [-0.1, -0.05) is 64.4 Å². The van der Waals surface area contributed by atoms with E-state index in [9.17, 15) is 0 Å². The van der Waals surface area contributed by atoms with Crippen molar-refractivity contribution in [2.45, 2.75) is 51.7 Å². The van der Waals surface area contributed by atoms with Gasteiger partial charge in [-0.3, -0.25) is 0 Å². The average Bonchev–Trinajstić information content (AvgIpc) is 2.25. The minimum atomic E-state index is 0.300. The van der Waals surface area contributed by atoms with Gasteiger partial charge in [0.1, 0.15) is 0 Å². The Kier molecular flexibility index (Phi) is 5.84. The smallest absolute Gasteiger partial charge is 0.0119 e. The van der Waals surface area contributed by atoms with E-state index in [1.165, 1.54) is 29.7 Å². The van der Waals surface area contributed by atoms with Crippen molar-refractivity contribution >= 4 is 17.8 Å². The van der Waals surface area contributed by atoms with Crippen molar-refractivity contribution in [3.8, 4) is 0 Å². The van der Waals surface area contributed by atoms with Crippen LogP contribution < -0.4 is 0 Å². The standard InChI is InChI=1S/C16H24S/c1-5-6-12-15(17-16(2,3)4)13-14-10-8-7-9-11-14/h7-11,13H,5-6,12H2,1-4H3/b15-13-. The largest absolute Gasteiger partial charge is 0.125 e. The van der Waals surface area contributed by atoms with E-state index in [-0.39, 0.29) is 0 Å². The zero-order valence-corrected chi connectivity index (χ0v) is 12.3. The summed E-state index contributed by atoms with van der Waals surface area (Å²) in [6.45, 7) is 9.09. The van der Waals surface area contributed by atoms with Gasteiger partial charge in [-0.05, 0) is 29.4 Å². The van der Waals surface area contributed by atoms with Crippen molar-refractivity contribution in [1.29, 1.82) is 0 Å². The van der Waals surface area contributed by atoms with E-state index in [0.717, 1.165) is 0 Å². The van der Waals surface area contributed by atoms with Crippen LogP contribution in [-0.2, 0) is 0 Å². The maximum atomic E-state index is 2.34. The molecule has 0 spiro atoms. The average molecular weight is 248 g/mol. The van der Waals surface area contributed by atoms with E-state index >= 15 is 0 Å². The normalized spacial score (nSPS) is 12.8. The van der Waals surface area contributed by atoms with Crippen LogP contribution in [0.3, 0.4) is 0 Å². The highest BCUT2D eigenvalue weighted by molar-refractivity contribution is 8.04. The molecule has 0 heterocycles. The highest BCUT2D eigenvalue weighted by atomic mass is 32.2. The Morgan fingerprint density at radius 2 is 1.82 bits per heavy atom. The molecule has 0 aromatic heterocycles. The summed E-state index contributed by atoms with van der Waals surface area (Å²) in [5, 5.41) is 0. The highest BCUT2D eigenvalue weighted by Crippen LogP contribution is 2.35.